The number of hydrogen-bond acceptors (Lipinski definition) is 8. The lowest BCUT2D eigenvalue weighted by molar-refractivity contribution is -0.137. The smallest absolute Gasteiger partial charge is 0.416 e. The van der Waals surface area contributed by atoms with Crippen LogP contribution in [0, 0.1) is 0 Å². The second-order valence-corrected chi connectivity index (χ2v) is 8.53. The van der Waals surface area contributed by atoms with Gasteiger partial charge in [0.25, 0.3) is 0 Å². The summed E-state index contributed by atoms with van der Waals surface area (Å²) < 4.78 is 49.6. The summed E-state index contributed by atoms with van der Waals surface area (Å²) >= 11 is 0. The van der Waals surface area contributed by atoms with Gasteiger partial charge in [-0.15, -0.1) is 0 Å². The van der Waals surface area contributed by atoms with Crippen LogP contribution in [0.1, 0.15) is 42.5 Å². The van der Waals surface area contributed by atoms with Gasteiger partial charge >= 0.3 is 12.1 Å². The summed E-state index contributed by atoms with van der Waals surface area (Å²) in [6.07, 6.45) is -4.04. The number of aliphatic imine (C=N–C) groups is 1. The Bertz CT molecular complexity index is 1490. The second-order valence-electron chi connectivity index (χ2n) is 8.53. The number of alkyl halides is 3. The van der Waals surface area contributed by atoms with Crippen molar-refractivity contribution in [1.82, 2.24) is 0 Å². The van der Waals surface area contributed by atoms with Gasteiger partial charge in [0.05, 0.1) is 12.7 Å². The van der Waals surface area contributed by atoms with E-state index in [-0.39, 0.29) is 17.9 Å². The molecule has 0 saturated carbocycles. The molecular weight excluding hydrogens is 551 g/mol. The molecule has 3 aromatic rings. The lowest BCUT2D eigenvalue weighted by atomic mass is 10.0. The van der Waals surface area contributed by atoms with E-state index in [1.165, 1.54) is 26.3 Å². The van der Waals surface area contributed by atoms with Crippen LogP contribution in [0.25, 0.3) is 5.57 Å². The first kappa shape index (κ1) is 31.6. The average molecular weight is 582 g/mol. The summed E-state index contributed by atoms with van der Waals surface area (Å²) in [6, 6.07) is 18.3. The lowest BCUT2D eigenvalue weighted by Crippen LogP contribution is -2.16. The fraction of sp³-hybridized carbons (Fsp3) is 0.258. The molecule has 0 heterocycles. The zero-order valence-electron chi connectivity index (χ0n) is 23.6. The van der Waals surface area contributed by atoms with Gasteiger partial charge in [0.15, 0.2) is 0 Å². The van der Waals surface area contributed by atoms with E-state index in [0.717, 1.165) is 12.1 Å². The Hall–Kier alpha value is -4.89. The number of carbonyl (C=O) groups excluding carboxylic acids is 1. The van der Waals surface area contributed by atoms with Crippen LogP contribution in [0.2, 0.25) is 0 Å². The maximum atomic E-state index is 13.0. The van der Waals surface area contributed by atoms with E-state index in [2.05, 4.69) is 21.2 Å². The van der Waals surface area contributed by atoms with E-state index in [9.17, 15) is 18.0 Å². The molecule has 3 rings (SSSR count). The van der Waals surface area contributed by atoms with Crippen molar-refractivity contribution in [1.29, 1.82) is 0 Å². The third-order valence-electron chi connectivity index (χ3n) is 5.71. The first-order valence-corrected chi connectivity index (χ1v) is 12.9. The highest BCUT2D eigenvalue weighted by Crippen LogP contribution is 2.32. The van der Waals surface area contributed by atoms with Crippen molar-refractivity contribution in [3.63, 3.8) is 0 Å². The van der Waals surface area contributed by atoms with Gasteiger partial charge in [0.2, 0.25) is 0 Å². The van der Waals surface area contributed by atoms with Crippen molar-refractivity contribution < 1.29 is 37.1 Å². The SMILES string of the molecule is CCON=C(C(CC)=NOCc1ccccc1C(=C=NC)C(=O)OC)c1ccc(Oc2cccc(C(F)(F)F)c2)cc1. The number of carbonyl (C=O) groups is 1. The first-order chi connectivity index (χ1) is 20.2. The van der Waals surface area contributed by atoms with E-state index in [4.69, 9.17) is 19.1 Å². The number of methoxy groups -OCH3 is 1. The monoisotopic (exact) mass is 581 g/mol. The largest absolute Gasteiger partial charge is 0.465 e. The fourth-order valence-electron chi connectivity index (χ4n) is 3.73. The van der Waals surface area contributed by atoms with E-state index < -0.39 is 17.7 Å². The minimum atomic E-state index is -4.47. The van der Waals surface area contributed by atoms with Gasteiger partial charge in [0, 0.05) is 23.7 Å². The van der Waals surface area contributed by atoms with Crippen LogP contribution in [0.4, 0.5) is 13.2 Å². The number of ether oxygens (including phenoxy) is 2. The molecule has 0 amide bonds. The normalized spacial score (nSPS) is 11.8. The van der Waals surface area contributed by atoms with Crippen LogP contribution in [0.5, 0.6) is 11.5 Å². The molecule has 11 heteroatoms. The van der Waals surface area contributed by atoms with Crippen LogP contribution in [0.3, 0.4) is 0 Å². The van der Waals surface area contributed by atoms with E-state index in [1.807, 2.05) is 6.92 Å². The fourth-order valence-corrected chi connectivity index (χ4v) is 3.73. The van der Waals surface area contributed by atoms with Gasteiger partial charge in [-0.05, 0) is 61.7 Å². The number of oxime groups is 2. The minimum Gasteiger partial charge on any atom is -0.465 e. The molecule has 0 N–H and O–H groups in total. The molecular formula is C31H30F3N3O5. The second kappa shape index (κ2) is 15.2. The number of halogens is 3. The Balaban J connectivity index is 1.83. The summed E-state index contributed by atoms with van der Waals surface area (Å²) in [4.78, 5) is 27.1. The quantitative estimate of drug-likeness (QED) is 0.0987. The molecule has 0 aliphatic carbocycles. The zero-order chi connectivity index (χ0) is 30.5. The van der Waals surface area contributed by atoms with Gasteiger partial charge in [-0.2, -0.15) is 13.2 Å². The molecule has 0 bridgehead atoms. The molecule has 0 radical (unpaired) electrons. The van der Waals surface area contributed by atoms with Gasteiger partial charge in [-0.25, -0.2) is 9.79 Å². The van der Waals surface area contributed by atoms with Gasteiger partial charge in [0.1, 0.15) is 41.7 Å². The molecule has 0 aliphatic rings. The van der Waals surface area contributed by atoms with Crippen LogP contribution in [0.15, 0.2) is 88.1 Å². The molecule has 220 valence electrons. The Morgan fingerprint density at radius 2 is 1.64 bits per heavy atom. The van der Waals surface area contributed by atoms with Crippen molar-refractivity contribution in [3.05, 3.63) is 95.1 Å². The average Bonchev–Trinajstić information content (AvgIpc) is 2.99. The maximum absolute atomic E-state index is 13.0. The van der Waals surface area contributed by atoms with Crippen molar-refractivity contribution in [2.45, 2.75) is 33.1 Å². The molecule has 0 aliphatic heterocycles. The predicted molar refractivity (Wildman–Crippen MR) is 154 cm³/mol. The summed E-state index contributed by atoms with van der Waals surface area (Å²) in [5, 5.41) is 8.52. The van der Waals surface area contributed by atoms with Crippen LogP contribution >= 0.6 is 0 Å². The molecule has 42 heavy (non-hydrogen) atoms. The Labute approximate surface area is 241 Å². The first-order valence-electron chi connectivity index (χ1n) is 12.9. The number of nitrogens with zero attached hydrogens (tertiary/aromatic N) is 3. The summed E-state index contributed by atoms with van der Waals surface area (Å²) in [7, 11) is 2.78. The van der Waals surface area contributed by atoms with Crippen molar-refractivity contribution in [2.75, 3.05) is 20.8 Å². The molecule has 0 fully saturated rings. The Kier molecular flexibility index (Phi) is 11.5. The highest BCUT2D eigenvalue weighted by atomic mass is 19.4. The van der Waals surface area contributed by atoms with E-state index in [1.54, 1.807) is 55.5 Å². The number of benzene rings is 3. The van der Waals surface area contributed by atoms with Crippen molar-refractivity contribution in [3.8, 4) is 11.5 Å². The minimum absolute atomic E-state index is 0.0250. The standard InChI is InChI=1S/C31H30F3N3O5/c1-5-28(36-41-20-22-10-7-8-13-26(22)27(19-35-3)30(38)39-4)29(37-40-6-2)21-14-16-24(17-15-21)42-25-12-9-11-23(18-25)31(32,33)34/h7-18H,5-6,20H2,1-4H3. The topological polar surface area (TPSA) is 91.1 Å². The summed E-state index contributed by atoms with van der Waals surface area (Å²) in [5.74, 6) is 2.48. The number of hydrogen-bond donors (Lipinski definition) is 0. The molecule has 8 nitrogen and oxygen atoms in total. The van der Waals surface area contributed by atoms with Crippen LogP contribution in [-0.2, 0) is 32.0 Å². The third kappa shape index (κ3) is 8.55. The predicted octanol–water partition coefficient (Wildman–Crippen LogP) is 7.08. The highest BCUT2D eigenvalue weighted by molar-refractivity contribution is 6.48. The number of esters is 1. The van der Waals surface area contributed by atoms with Gasteiger partial charge in [-0.1, -0.05) is 47.6 Å². The van der Waals surface area contributed by atoms with Gasteiger partial charge < -0.3 is 19.1 Å². The molecule has 0 atom stereocenters. The Morgan fingerprint density at radius 3 is 2.29 bits per heavy atom. The maximum Gasteiger partial charge on any atom is 0.416 e. The summed E-state index contributed by atoms with van der Waals surface area (Å²) in [6.45, 7) is 4.00. The van der Waals surface area contributed by atoms with E-state index >= 15 is 0 Å². The summed E-state index contributed by atoms with van der Waals surface area (Å²) in [5.41, 5.74) is 2.07. The molecule has 0 spiro atoms. The van der Waals surface area contributed by atoms with Crippen LogP contribution < -0.4 is 4.74 Å². The third-order valence-corrected chi connectivity index (χ3v) is 5.71. The lowest BCUT2D eigenvalue weighted by Gasteiger charge is -2.12. The molecule has 0 unspecified atom stereocenters. The van der Waals surface area contributed by atoms with Crippen molar-refractivity contribution in [2.24, 2.45) is 15.3 Å². The molecule has 0 aromatic heterocycles. The Morgan fingerprint density at radius 1 is 0.905 bits per heavy atom. The number of rotatable bonds is 12. The van der Waals surface area contributed by atoms with E-state index in [0.29, 0.717) is 46.9 Å². The van der Waals surface area contributed by atoms with Gasteiger partial charge in [-0.3, -0.25) is 0 Å². The van der Waals surface area contributed by atoms with Crippen molar-refractivity contribution >= 4 is 28.8 Å². The highest BCUT2D eigenvalue weighted by Gasteiger charge is 2.30. The molecule has 3 aromatic carbocycles. The van der Waals surface area contributed by atoms with Crippen LogP contribution in [-0.4, -0.2) is 44.0 Å². The molecule has 0 saturated heterocycles. The zero-order valence-corrected chi connectivity index (χ0v) is 23.6.